The summed E-state index contributed by atoms with van der Waals surface area (Å²) in [5, 5.41) is 0. The number of halogens is 2. The van der Waals surface area contributed by atoms with E-state index in [2.05, 4.69) is 27.6 Å². The van der Waals surface area contributed by atoms with Gasteiger partial charge >= 0.3 is 0 Å². The monoisotopic (exact) mass is 315 g/mol. The SMILES string of the molecule is Fc1cc(Oc2ccccc2I)ccn1. The normalized spacial score (nSPS) is 10.0. The van der Waals surface area contributed by atoms with E-state index >= 15 is 0 Å². The van der Waals surface area contributed by atoms with Crippen molar-refractivity contribution in [2.75, 3.05) is 0 Å². The van der Waals surface area contributed by atoms with Crippen LogP contribution in [-0.4, -0.2) is 4.98 Å². The molecule has 0 unspecified atom stereocenters. The molecular weight excluding hydrogens is 308 g/mol. The third kappa shape index (κ3) is 2.65. The highest BCUT2D eigenvalue weighted by atomic mass is 127. The summed E-state index contributed by atoms with van der Waals surface area (Å²) in [5.74, 6) is 0.619. The molecule has 0 aliphatic heterocycles. The highest BCUT2D eigenvalue weighted by Crippen LogP contribution is 2.25. The molecule has 0 radical (unpaired) electrons. The molecule has 76 valence electrons. The molecule has 0 atom stereocenters. The zero-order chi connectivity index (χ0) is 10.7. The second kappa shape index (κ2) is 4.57. The number of rotatable bonds is 2. The lowest BCUT2D eigenvalue weighted by Crippen LogP contribution is -1.88. The van der Waals surface area contributed by atoms with E-state index in [1.54, 1.807) is 6.07 Å². The van der Waals surface area contributed by atoms with Crippen LogP contribution in [0.3, 0.4) is 0 Å². The van der Waals surface area contributed by atoms with Gasteiger partial charge in [-0.25, -0.2) is 4.98 Å². The van der Waals surface area contributed by atoms with Crippen molar-refractivity contribution in [3.63, 3.8) is 0 Å². The summed E-state index contributed by atoms with van der Waals surface area (Å²) in [5.41, 5.74) is 0. The summed E-state index contributed by atoms with van der Waals surface area (Å²) in [6, 6.07) is 10.4. The molecule has 15 heavy (non-hydrogen) atoms. The van der Waals surface area contributed by atoms with Crippen molar-refractivity contribution in [2.45, 2.75) is 0 Å². The van der Waals surface area contributed by atoms with Crippen LogP contribution in [0.5, 0.6) is 11.5 Å². The summed E-state index contributed by atoms with van der Waals surface area (Å²) in [4.78, 5) is 3.46. The Hall–Kier alpha value is -1.17. The fourth-order valence-corrected chi connectivity index (χ4v) is 1.60. The fourth-order valence-electron chi connectivity index (χ4n) is 1.10. The third-order valence-corrected chi connectivity index (χ3v) is 2.65. The van der Waals surface area contributed by atoms with E-state index < -0.39 is 5.95 Å². The van der Waals surface area contributed by atoms with Gasteiger partial charge in [-0.15, -0.1) is 0 Å². The number of pyridine rings is 1. The lowest BCUT2D eigenvalue weighted by molar-refractivity contribution is 0.469. The zero-order valence-electron chi connectivity index (χ0n) is 7.65. The van der Waals surface area contributed by atoms with Crippen molar-refractivity contribution in [1.29, 1.82) is 0 Å². The van der Waals surface area contributed by atoms with Gasteiger partial charge in [0.25, 0.3) is 0 Å². The first kappa shape index (κ1) is 10.4. The van der Waals surface area contributed by atoms with E-state index in [0.717, 1.165) is 3.57 Å². The van der Waals surface area contributed by atoms with E-state index in [9.17, 15) is 4.39 Å². The summed E-state index contributed by atoms with van der Waals surface area (Å²) >= 11 is 2.16. The number of para-hydroxylation sites is 1. The highest BCUT2D eigenvalue weighted by Gasteiger charge is 2.02. The Morgan fingerprint density at radius 1 is 1.20 bits per heavy atom. The maximum absolute atomic E-state index is 12.8. The lowest BCUT2D eigenvalue weighted by Gasteiger charge is -2.06. The predicted molar refractivity (Wildman–Crippen MR) is 63.4 cm³/mol. The average Bonchev–Trinajstić information content (AvgIpc) is 2.22. The van der Waals surface area contributed by atoms with Crippen LogP contribution >= 0.6 is 22.6 Å². The second-order valence-electron chi connectivity index (χ2n) is 2.85. The van der Waals surface area contributed by atoms with Crippen LogP contribution < -0.4 is 4.74 Å². The Bertz CT molecular complexity index is 476. The molecule has 0 amide bonds. The Labute approximate surface area is 100 Å². The number of aromatic nitrogens is 1. The van der Waals surface area contributed by atoms with Crippen molar-refractivity contribution < 1.29 is 9.13 Å². The van der Waals surface area contributed by atoms with E-state index in [-0.39, 0.29) is 0 Å². The summed E-state index contributed by atoms with van der Waals surface area (Å²) in [6.45, 7) is 0. The topological polar surface area (TPSA) is 22.1 Å². The quantitative estimate of drug-likeness (QED) is 0.624. The molecule has 2 aromatic rings. The number of nitrogens with zero attached hydrogens (tertiary/aromatic N) is 1. The predicted octanol–water partition coefficient (Wildman–Crippen LogP) is 3.62. The van der Waals surface area contributed by atoms with E-state index in [1.807, 2.05) is 24.3 Å². The molecule has 2 rings (SSSR count). The number of hydrogen-bond donors (Lipinski definition) is 0. The van der Waals surface area contributed by atoms with Crippen LogP contribution in [0.15, 0.2) is 42.6 Å². The number of hydrogen-bond acceptors (Lipinski definition) is 2. The molecule has 4 heteroatoms. The van der Waals surface area contributed by atoms with Gasteiger partial charge in [0.15, 0.2) is 0 Å². The lowest BCUT2D eigenvalue weighted by atomic mass is 10.3. The number of ether oxygens (including phenoxy) is 1. The molecule has 1 heterocycles. The van der Waals surface area contributed by atoms with Gasteiger partial charge in [-0.2, -0.15) is 4.39 Å². The maximum Gasteiger partial charge on any atom is 0.216 e. The smallest absolute Gasteiger partial charge is 0.216 e. The third-order valence-electron chi connectivity index (χ3n) is 1.76. The maximum atomic E-state index is 12.8. The van der Waals surface area contributed by atoms with Gasteiger partial charge in [0.1, 0.15) is 11.5 Å². The van der Waals surface area contributed by atoms with Crippen LogP contribution in [0.2, 0.25) is 0 Å². The molecule has 0 fully saturated rings. The molecule has 0 spiro atoms. The Morgan fingerprint density at radius 3 is 2.73 bits per heavy atom. The summed E-state index contributed by atoms with van der Waals surface area (Å²) in [6.07, 6.45) is 1.38. The van der Waals surface area contributed by atoms with Gasteiger partial charge in [-0.3, -0.25) is 0 Å². The summed E-state index contributed by atoms with van der Waals surface area (Å²) < 4.78 is 19.3. The number of benzene rings is 1. The fraction of sp³-hybridized carbons (Fsp3) is 0. The van der Waals surface area contributed by atoms with Gasteiger partial charge in [0.05, 0.1) is 3.57 Å². The van der Waals surface area contributed by atoms with Gasteiger partial charge in [-0.05, 0) is 40.8 Å². The van der Waals surface area contributed by atoms with Gasteiger partial charge in [0, 0.05) is 12.3 Å². The first-order chi connectivity index (χ1) is 7.25. The second-order valence-corrected chi connectivity index (χ2v) is 4.01. The van der Waals surface area contributed by atoms with E-state index in [4.69, 9.17) is 4.74 Å². The molecule has 0 aliphatic carbocycles. The van der Waals surface area contributed by atoms with E-state index in [1.165, 1.54) is 12.3 Å². The first-order valence-corrected chi connectivity index (χ1v) is 5.37. The van der Waals surface area contributed by atoms with Gasteiger partial charge < -0.3 is 4.74 Å². The largest absolute Gasteiger partial charge is 0.456 e. The Kier molecular flexibility index (Phi) is 3.15. The molecule has 2 nitrogen and oxygen atoms in total. The first-order valence-electron chi connectivity index (χ1n) is 4.29. The molecular formula is C11H7FINO. The molecule has 1 aromatic heterocycles. The van der Waals surface area contributed by atoms with Crippen molar-refractivity contribution in [3.8, 4) is 11.5 Å². The molecule has 0 aliphatic rings. The van der Waals surface area contributed by atoms with Crippen molar-refractivity contribution >= 4 is 22.6 Å². The minimum Gasteiger partial charge on any atom is -0.456 e. The van der Waals surface area contributed by atoms with Crippen LogP contribution in [0.1, 0.15) is 0 Å². The van der Waals surface area contributed by atoms with Crippen LogP contribution in [-0.2, 0) is 0 Å². The van der Waals surface area contributed by atoms with Crippen molar-refractivity contribution in [3.05, 3.63) is 52.1 Å². The highest BCUT2D eigenvalue weighted by molar-refractivity contribution is 14.1. The zero-order valence-corrected chi connectivity index (χ0v) is 9.81. The van der Waals surface area contributed by atoms with Gasteiger partial charge in [0.2, 0.25) is 5.95 Å². The van der Waals surface area contributed by atoms with Crippen LogP contribution in [0, 0.1) is 9.52 Å². The Morgan fingerprint density at radius 2 is 2.00 bits per heavy atom. The van der Waals surface area contributed by atoms with E-state index in [0.29, 0.717) is 11.5 Å². The van der Waals surface area contributed by atoms with Crippen LogP contribution in [0.4, 0.5) is 4.39 Å². The molecule has 0 bridgehead atoms. The standard InChI is InChI=1S/C11H7FINO/c12-11-7-8(5-6-14-11)15-10-4-2-1-3-9(10)13/h1-7H. The van der Waals surface area contributed by atoms with Crippen molar-refractivity contribution in [1.82, 2.24) is 4.98 Å². The van der Waals surface area contributed by atoms with Crippen LogP contribution in [0.25, 0.3) is 0 Å². The molecule has 1 aromatic carbocycles. The molecule has 0 N–H and O–H groups in total. The van der Waals surface area contributed by atoms with Crippen molar-refractivity contribution in [2.24, 2.45) is 0 Å². The minimum absolute atomic E-state index is 0.451. The Balaban J connectivity index is 2.26. The minimum atomic E-state index is -0.543. The molecule has 0 saturated heterocycles. The summed E-state index contributed by atoms with van der Waals surface area (Å²) in [7, 11) is 0. The average molecular weight is 315 g/mol. The molecule has 0 saturated carbocycles. The van der Waals surface area contributed by atoms with Gasteiger partial charge in [-0.1, -0.05) is 12.1 Å².